The molecule has 2 heterocycles. The highest BCUT2D eigenvalue weighted by Gasteiger charge is 2.31. The Bertz CT molecular complexity index is 609. The van der Waals surface area contributed by atoms with Crippen molar-refractivity contribution < 1.29 is 0 Å². The fourth-order valence-corrected chi connectivity index (χ4v) is 3.52. The van der Waals surface area contributed by atoms with Gasteiger partial charge in [0.15, 0.2) is 0 Å². The molecule has 4 rings (SSSR count). The van der Waals surface area contributed by atoms with Crippen molar-refractivity contribution in [3.05, 3.63) is 28.5 Å². The summed E-state index contributed by atoms with van der Waals surface area (Å²) in [5, 5.41) is 3.45. The summed E-state index contributed by atoms with van der Waals surface area (Å²) in [6, 6.07) is 7.21. The van der Waals surface area contributed by atoms with Gasteiger partial charge in [0.2, 0.25) is 0 Å². The largest absolute Gasteiger partial charge is 0.325 e. The van der Waals surface area contributed by atoms with Crippen LogP contribution in [0.15, 0.2) is 22.7 Å². The van der Waals surface area contributed by atoms with Crippen molar-refractivity contribution in [2.45, 2.75) is 37.6 Å². The van der Waals surface area contributed by atoms with Crippen LogP contribution >= 0.6 is 15.9 Å². The molecular weight excluding hydrogens is 302 g/mol. The maximum Gasteiger partial charge on any atom is 0.113 e. The van der Waals surface area contributed by atoms with E-state index in [9.17, 15) is 0 Å². The lowest BCUT2D eigenvalue weighted by atomic mass is 9.97. The van der Waals surface area contributed by atoms with Gasteiger partial charge >= 0.3 is 0 Å². The smallest absolute Gasteiger partial charge is 0.113 e. The molecule has 1 saturated heterocycles. The predicted octanol–water partition coefficient (Wildman–Crippen LogP) is 3.60. The third-order valence-corrected chi connectivity index (χ3v) is 4.79. The first-order valence-electron chi connectivity index (χ1n) is 7.21. The normalized spacial score (nSPS) is 21.1. The van der Waals surface area contributed by atoms with Crippen LogP contribution in [0.4, 0.5) is 0 Å². The second-order valence-corrected chi connectivity index (χ2v) is 6.64. The molecule has 3 nitrogen and oxygen atoms in total. The minimum absolute atomic E-state index is 0.632. The Hall–Kier alpha value is -0.870. The summed E-state index contributed by atoms with van der Waals surface area (Å²) >= 11 is 3.56. The van der Waals surface area contributed by atoms with Gasteiger partial charge in [-0.1, -0.05) is 15.9 Å². The van der Waals surface area contributed by atoms with Crippen molar-refractivity contribution in [1.82, 2.24) is 14.9 Å². The van der Waals surface area contributed by atoms with Crippen LogP contribution in [0.3, 0.4) is 0 Å². The summed E-state index contributed by atoms with van der Waals surface area (Å²) in [7, 11) is 0. The zero-order valence-corrected chi connectivity index (χ0v) is 12.5. The molecule has 2 aromatic rings. The summed E-state index contributed by atoms with van der Waals surface area (Å²) in [4.78, 5) is 4.96. The molecule has 19 heavy (non-hydrogen) atoms. The average Bonchev–Trinajstić information content (AvgIpc) is 3.20. The number of benzene rings is 1. The van der Waals surface area contributed by atoms with Gasteiger partial charge in [0.05, 0.1) is 11.0 Å². The van der Waals surface area contributed by atoms with Crippen molar-refractivity contribution in [2.24, 2.45) is 0 Å². The van der Waals surface area contributed by atoms with Gasteiger partial charge in [0.25, 0.3) is 0 Å². The molecule has 2 fully saturated rings. The Labute approximate surface area is 121 Å². The van der Waals surface area contributed by atoms with Crippen LogP contribution in [-0.4, -0.2) is 22.6 Å². The van der Waals surface area contributed by atoms with Gasteiger partial charge < -0.3 is 9.88 Å². The van der Waals surface area contributed by atoms with E-state index >= 15 is 0 Å². The first-order chi connectivity index (χ1) is 9.33. The van der Waals surface area contributed by atoms with E-state index in [0.717, 1.165) is 23.1 Å². The van der Waals surface area contributed by atoms with E-state index in [1.807, 2.05) is 0 Å². The molecule has 0 amide bonds. The van der Waals surface area contributed by atoms with Crippen LogP contribution in [0.25, 0.3) is 11.0 Å². The number of rotatable bonds is 2. The summed E-state index contributed by atoms with van der Waals surface area (Å²) in [5.74, 6) is 1.96. The summed E-state index contributed by atoms with van der Waals surface area (Å²) < 4.78 is 3.65. The molecule has 1 aliphatic heterocycles. The lowest BCUT2D eigenvalue weighted by molar-refractivity contribution is 0.433. The van der Waals surface area contributed by atoms with Gasteiger partial charge in [-0.05, 0) is 57.0 Å². The number of hydrogen-bond donors (Lipinski definition) is 1. The Morgan fingerprint density at radius 3 is 2.68 bits per heavy atom. The number of nitrogens with zero attached hydrogens (tertiary/aromatic N) is 2. The van der Waals surface area contributed by atoms with Crippen LogP contribution in [0.1, 0.15) is 43.5 Å². The van der Waals surface area contributed by atoms with Gasteiger partial charge in [-0.25, -0.2) is 4.98 Å². The van der Waals surface area contributed by atoms with Crippen molar-refractivity contribution in [3.8, 4) is 0 Å². The van der Waals surface area contributed by atoms with E-state index in [1.54, 1.807) is 0 Å². The van der Waals surface area contributed by atoms with Gasteiger partial charge in [0, 0.05) is 16.4 Å². The lowest BCUT2D eigenvalue weighted by Crippen LogP contribution is -2.28. The van der Waals surface area contributed by atoms with Crippen molar-refractivity contribution in [2.75, 3.05) is 13.1 Å². The molecule has 0 bridgehead atoms. The number of halogens is 1. The van der Waals surface area contributed by atoms with E-state index in [-0.39, 0.29) is 0 Å². The number of fused-ring (bicyclic) bond motifs is 1. The summed E-state index contributed by atoms with van der Waals surface area (Å²) in [6.07, 6.45) is 5.08. The van der Waals surface area contributed by atoms with Gasteiger partial charge in [-0.2, -0.15) is 0 Å². The third kappa shape index (κ3) is 2.11. The van der Waals surface area contributed by atoms with Crippen LogP contribution in [0.2, 0.25) is 0 Å². The number of piperidine rings is 1. The van der Waals surface area contributed by atoms with Crippen LogP contribution < -0.4 is 5.32 Å². The second-order valence-electron chi connectivity index (χ2n) is 5.73. The van der Waals surface area contributed by atoms with Crippen molar-refractivity contribution in [3.63, 3.8) is 0 Å². The zero-order chi connectivity index (χ0) is 12.8. The molecule has 4 heteroatoms. The van der Waals surface area contributed by atoms with Crippen LogP contribution in [-0.2, 0) is 0 Å². The molecule has 0 atom stereocenters. The SMILES string of the molecule is Brc1ccc2c(c1)nc(C1CCNCC1)n2C1CC1. The fourth-order valence-electron chi connectivity index (χ4n) is 3.18. The molecule has 0 spiro atoms. The Kier molecular flexibility index (Phi) is 2.88. The van der Waals surface area contributed by atoms with E-state index in [0.29, 0.717) is 12.0 Å². The molecule has 0 radical (unpaired) electrons. The predicted molar refractivity (Wildman–Crippen MR) is 80.5 cm³/mol. The molecule has 2 aliphatic rings. The van der Waals surface area contributed by atoms with E-state index in [4.69, 9.17) is 4.98 Å². The molecule has 1 N–H and O–H groups in total. The third-order valence-electron chi connectivity index (χ3n) is 4.30. The second kappa shape index (κ2) is 4.60. The van der Waals surface area contributed by atoms with Crippen molar-refractivity contribution >= 4 is 27.0 Å². The van der Waals surface area contributed by atoms with Gasteiger partial charge in [0.1, 0.15) is 5.82 Å². The maximum atomic E-state index is 4.96. The Balaban J connectivity index is 1.85. The Morgan fingerprint density at radius 2 is 1.95 bits per heavy atom. The molecule has 1 aliphatic carbocycles. The number of nitrogens with one attached hydrogen (secondary N) is 1. The van der Waals surface area contributed by atoms with Gasteiger partial charge in [-0.3, -0.25) is 0 Å². The number of hydrogen-bond acceptors (Lipinski definition) is 2. The quantitative estimate of drug-likeness (QED) is 0.916. The first kappa shape index (κ1) is 11.9. The summed E-state index contributed by atoms with van der Waals surface area (Å²) in [5.41, 5.74) is 2.47. The monoisotopic (exact) mass is 319 g/mol. The molecule has 0 unspecified atom stereocenters. The molecule has 1 aromatic heterocycles. The van der Waals surface area contributed by atoms with Gasteiger partial charge in [-0.15, -0.1) is 0 Å². The zero-order valence-electron chi connectivity index (χ0n) is 10.9. The molecule has 100 valence electrons. The molecular formula is C15H18BrN3. The number of aromatic nitrogens is 2. The van der Waals surface area contributed by atoms with Crippen LogP contribution in [0, 0.1) is 0 Å². The van der Waals surface area contributed by atoms with E-state index < -0.39 is 0 Å². The minimum Gasteiger partial charge on any atom is -0.325 e. The highest BCUT2D eigenvalue weighted by molar-refractivity contribution is 9.10. The lowest BCUT2D eigenvalue weighted by Gasteiger charge is -2.23. The maximum absolute atomic E-state index is 4.96. The highest BCUT2D eigenvalue weighted by atomic mass is 79.9. The summed E-state index contributed by atoms with van der Waals surface area (Å²) in [6.45, 7) is 2.25. The van der Waals surface area contributed by atoms with Crippen molar-refractivity contribution in [1.29, 1.82) is 0 Å². The van der Waals surface area contributed by atoms with Crippen LogP contribution in [0.5, 0.6) is 0 Å². The van der Waals surface area contributed by atoms with E-state index in [1.165, 1.54) is 37.0 Å². The topological polar surface area (TPSA) is 29.9 Å². The minimum atomic E-state index is 0.632. The molecule has 1 saturated carbocycles. The van der Waals surface area contributed by atoms with E-state index in [2.05, 4.69) is 44.0 Å². The fraction of sp³-hybridized carbons (Fsp3) is 0.533. The number of imidazole rings is 1. The first-order valence-corrected chi connectivity index (χ1v) is 8.00. The standard InChI is InChI=1S/C15H18BrN3/c16-11-1-4-14-13(9-11)18-15(19(14)12-2-3-12)10-5-7-17-8-6-10/h1,4,9-10,12,17H,2-3,5-8H2. The molecule has 1 aromatic carbocycles. The average molecular weight is 320 g/mol. The Morgan fingerprint density at radius 1 is 1.16 bits per heavy atom. The highest BCUT2D eigenvalue weighted by Crippen LogP contribution is 2.41.